The number of hydrogen-bond acceptors (Lipinski definition) is 2. The molecular formula is C14H21NO. The van der Waals surface area contributed by atoms with Crippen molar-refractivity contribution in [3.8, 4) is 0 Å². The standard InChI is InChI=1S/C14H21NO/c1-12(11-16)13-7-3-4-8-14(13)15-9-5-2-6-10-15/h3-4,7-8,12,16H,2,5-6,9-11H2,1H3. The van der Waals surface area contributed by atoms with Crippen LogP contribution in [0.5, 0.6) is 0 Å². The topological polar surface area (TPSA) is 23.5 Å². The van der Waals surface area contributed by atoms with Crippen LogP contribution in [0, 0.1) is 0 Å². The smallest absolute Gasteiger partial charge is 0.0497 e. The lowest BCUT2D eigenvalue weighted by molar-refractivity contribution is 0.273. The molecule has 1 heterocycles. The van der Waals surface area contributed by atoms with Crippen molar-refractivity contribution in [2.45, 2.75) is 32.1 Å². The number of para-hydroxylation sites is 1. The fourth-order valence-corrected chi connectivity index (χ4v) is 2.43. The number of piperidine rings is 1. The number of benzene rings is 1. The van der Waals surface area contributed by atoms with E-state index < -0.39 is 0 Å². The van der Waals surface area contributed by atoms with Gasteiger partial charge >= 0.3 is 0 Å². The first-order valence-electron chi connectivity index (χ1n) is 6.27. The van der Waals surface area contributed by atoms with Gasteiger partial charge in [-0.1, -0.05) is 25.1 Å². The van der Waals surface area contributed by atoms with Gasteiger partial charge in [0.15, 0.2) is 0 Å². The Morgan fingerprint density at radius 1 is 1.19 bits per heavy atom. The Morgan fingerprint density at radius 2 is 1.88 bits per heavy atom. The lowest BCUT2D eigenvalue weighted by Crippen LogP contribution is -2.30. The predicted octanol–water partition coefficient (Wildman–Crippen LogP) is 2.77. The Kier molecular flexibility index (Phi) is 3.83. The second-order valence-corrected chi connectivity index (χ2v) is 4.69. The molecule has 1 aliphatic rings. The largest absolute Gasteiger partial charge is 0.396 e. The van der Waals surface area contributed by atoms with Crippen LogP contribution >= 0.6 is 0 Å². The van der Waals surface area contributed by atoms with E-state index in [0.29, 0.717) is 0 Å². The number of rotatable bonds is 3. The summed E-state index contributed by atoms with van der Waals surface area (Å²) in [6.07, 6.45) is 3.94. The molecule has 0 saturated carbocycles. The number of hydrogen-bond donors (Lipinski definition) is 1. The van der Waals surface area contributed by atoms with Crippen LogP contribution in [-0.4, -0.2) is 24.8 Å². The lowest BCUT2D eigenvalue weighted by atomic mass is 9.98. The van der Waals surface area contributed by atoms with Gasteiger partial charge in [-0.25, -0.2) is 0 Å². The summed E-state index contributed by atoms with van der Waals surface area (Å²) in [6.45, 7) is 4.64. The van der Waals surface area contributed by atoms with Crippen molar-refractivity contribution >= 4 is 5.69 Å². The Morgan fingerprint density at radius 3 is 2.56 bits per heavy atom. The van der Waals surface area contributed by atoms with Crippen LogP contribution in [0.1, 0.15) is 37.7 Å². The molecule has 0 aromatic heterocycles. The third-order valence-electron chi connectivity index (χ3n) is 3.44. The molecule has 1 atom stereocenters. The van der Waals surface area contributed by atoms with E-state index in [4.69, 9.17) is 0 Å². The number of aliphatic hydroxyl groups excluding tert-OH is 1. The van der Waals surface area contributed by atoms with Crippen molar-refractivity contribution in [2.24, 2.45) is 0 Å². The third-order valence-corrected chi connectivity index (χ3v) is 3.44. The molecule has 1 saturated heterocycles. The quantitative estimate of drug-likeness (QED) is 0.845. The molecule has 1 fully saturated rings. The van der Waals surface area contributed by atoms with E-state index in [1.807, 2.05) is 0 Å². The van der Waals surface area contributed by atoms with Crippen molar-refractivity contribution in [1.82, 2.24) is 0 Å². The van der Waals surface area contributed by atoms with Gasteiger partial charge in [0.1, 0.15) is 0 Å². The Hall–Kier alpha value is -1.02. The molecule has 2 nitrogen and oxygen atoms in total. The highest BCUT2D eigenvalue weighted by Crippen LogP contribution is 2.29. The van der Waals surface area contributed by atoms with Gasteiger partial charge in [-0.3, -0.25) is 0 Å². The maximum Gasteiger partial charge on any atom is 0.0497 e. The van der Waals surface area contributed by atoms with Crippen molar-refractivity contribution in [1.29, 1.82) is 0 Å². The van der Waals surface area contributed by atoms with Crippen LogP contribution in [0.4, 0.5) is 5.69 Å². The summed E-state index contributed by atoms with van der Waals surface area (Å²) in [5.41, 5.74) is 2.61. The molecule has 1 aromatic rings. The highest BCUT2D eigenvalue weighted by molar-refractivity contribution is 5.55. The zero-order valence-electron chi connectivity index (χ0n) is 10.0. The Balaban J connectivity index is 2.24. The molecule has 2 rings (SSSR count). The second kappa shape index (κ2) is 5.35. The fraction of sp³-hybridized carbons (Fsp3) is 0.571. The summed E-state index contributed by atoms with van der Waals surface area (Å²) >= 11 is 0. The van der Waals surface area contributed by atoms with Gasteiger partial charge in [0, 0.05) is 31.3 Å². The van der Waals surface area contributed by atoms with Crippen LogP contribution in [0.15, 0.2) is 24.3 Å². The molecule has 88 valence electrons. The van der Waals surface area contributed by atoms with Crippen LogP contribution in [0.3, 0.4) is 0 Å². The maximum atomic E-state index is 9.29. The highest BCUT2D eigenvalue weighted by atomic mass is 16.3. The molecule has 1 aromatic carbocycles. The summed E-state index contributed by atoms with van der Waals surface area (Å²) < 4.78 is 0. The van der Waals surface area contributed by atoms with E-state index in [9.17, 15) is 5.11 Å². The zero-order chi connectivity index (χ0) is 11.4. The fourth-order valence-electron chi connectivity index (χ4n) is 2.43. The van der Waals surface area contributed by atoms with Crippen LogP contribution in [0.2, 0.25) is 0 Å². The maximum absolute atomic E-state index is 9.29. The number of aliphatic hydroxyl groups is 1. The molecule has 1 unspecified atom stereocenters. The minimum atomic E-state index is 0.227. The molecule has 0 amide bonds. The Labute approximate surface area is 97.9 Å². The summed E-state index contributed by atoms with van der Waals surface area (Å²) in [7, 11) is 0. The van der Waals surface area contributed by atoms with Gasteiger partial charge in [-0.05, 0) is 30.9 Å². The minimum Gasteiger partial charge on any atom is -0.396 e. The third kappa shape index (κ3) is 2.38. The molecular weight excluding hydrogens is 198 g/mol. The van der Waals surface area contributed by atoms with E-state index in [-0.39, 0.29) is 12.5 Å². The molecule has 1 N–H and O–H groups in total. The highest BCUT2D eigenvalue weighted by Gasteiger charge is 2.16. The summed E-state index contributed by atoms with van der Waals surface area (Å²) in [5.74, 6) is 0.234. The van der Waals surface area contributed by atoms with E-state index in [1.165, 1.54) is 30.5 Å². The molecule has 0 spiro atoms. The van der Waals surface area contributed by atoms with Gasteiger partial charge in [-0.15, -0.1) is 0 Å². The average Bonchev–Trinajstić information content (AvgIpc) is 2.39. The van der Waals surface area contributed by atoms with E-state index in [0.717, 1.165) is 13.1 Å². The van der Waals surface area contributed by atoms with Crippen molar-refractivity contribution in [2.75, 3.05) is 24.6 Å². The molecule has 1 aliphatic heterocycles. The van der Waals surface area contributed by atoms with Crippen molar-refractivity contribution in [3.63, 3.8) is 0 Å². The molecule has 0 bridgehead atoms. The zero-order valence-corrected chi connectivity index (χ0v) is 10.0. The summed E-state index contributed by atoms with van der Waals surface area (Å²) in [6, 6.07) is 8.49. The predicted molar refractivity (Wildman–Crippen MR) is 68.0 cm³/mol. The van der Waals surface area contributed by atoms with Gasteiger partial charge in [-0.2, -0.15) is 0 Å². The van der Waals surface area contributed by atoms with Crippen LogP contribution in [-0.2, 0) is 0 Å². The van der Waals surface area contributed by atoms with Crippen LogP contribution in [0.25, 0.3) is 0 Å². The van der Waals surface area contributed by atoms with Crippen molar-refractivity contribution < 1.29 is 5.11 Å². The normalized spacial score (nSPS) is 18.5. The van der Waals surface area contributed by atoms with Gasteiger partial charge in [0.2, 0.25) is 0 Å². The lowest BCUT2D eigenvalue weighted by Gasteiger charge is -2.31. The van der Waals surface area contributed by atoms with Gasteiger partial charge in [0.05, 0.1) is 0 Å². The summed E-state index contributed by atoms with van der Waals surface area (Å²) in [4.78, 5) is 2.46. The first-order chi connectivity index (χ1) is 7.83. The number of nitrogens with zero attached hydrogens (tertiary/aromatic N) is 1. The second-order valence-electron chi connectivity index (χ2n) is 4.69. The van der Waals surface area contributed by atoms with Crippen LogP contribution < -0.4 is 4.90 Å². The van der Waals surface area contributed by atoms with Gasteiger partial charge in [0.25, 0.3) is 0 Å². The first kappa shape index (κ1) is 11.5. The average molecular weight is 219 g/mol. The Bertz CT molecular complexity index is 331. The first-order valence-corrected chi connectivity index (χ1v) is 6.27. The van der Waals surface area contributed by atoms with E-state index >= 15 is 0 Å². The van der Waals surface area contributed by atoms with E-state index in [2.05, 4.69) is 36.1 Å². The summed E-state index contributed by atoms with van der Waals surface area (Å²) in [5, 5.41) is 9.29. The molecule has 2 heteroatoms. The molecule has 0 aliphatic carbocycles. The van der Waals surface area contributed by atoms with Crippen molar-refractivity contribution in [3.05, 3.63) is 29.8 Å². The SMILES string of the molecule is CC(CO)c1ccccc1N1CCCCC1. The van der Waals surface area contributed by atoms with E-state index in [1.54, 1.807) is 0 Å². The minimum absolute atomic E-state index is 0.227. The number of anilines is 1. The molecule has 0 radical (unpaired) electrons. The monoisotopic (exact) mass is 219 g/mol. The molecule has 16 heavy (non-hydrogen) atoms. The van der Waals surface area contributed by atoms with Gasteiger partial charge < -0.3 is 10.0 Å².